The smallest absolute Gasteiger partial charge is 0.312 e. The Labute approximate surface area is 174 Å². The first-order valence-electron chi connectivity index (χ1n) is 11.4. The van der Waals surface area contributed by atoms with Crippen molar-refractivity contribution >= 4 is 5.97 Å². The fourth-order valence-corrected chi connectivity index (χ4v) is 3.20. The van der Waals surface area contributed by atoms with Crippen LogP contribution in [0, 0.1) is 5.41 Å². The molecule has 0 aliphatic carbocycles. The molecule has 0 radical (unpaired) electrons. The lowest BCUT2D eigenvalue weighted by Crippen LogP contribution is -2.31. The van der Waals surface area contributed by atoms with Gasteiger partial charge in [0.25, 0.3) is 0 Å². The molecule has 2 nitrogen and oxygen atoms in total. The fourth-order valence-electron chi connectivity index (χ4n) is 3.20. The molecule has 0 spiro atoms. The van der Waals surface area contributed by atoms with Crippen LogP contribution in [0.2, 0.25) is 0 Å². The maximum Gasteiger partial charge on any atom is 0.312 e. The molecule has 0 unspecified atom stereocenters. The monoisotopic (exact) mass is 388 g/mol. The topological polar surface area (TPSA) is 26.3 Å². The van der Waals surface area contributed by atoms with Crippen LogP contribution in [0.3, 0.4) is 0 Å². The Morgan fingerprint density at radius 3 is 1.68 bits per heavy atom. The predicted octanol–water partition coefficient (Wildman–Crippen LogP) is 8.11. The Bertz CT molecular complexity index is 479. The quantitative estimate of drug-likeness (QED) is 0.143. The van der Waals surface area contributed by atoms with Crippen molar-refractivity contribution in [1.82, 2.24) is 0 Å². The Morgan fingerprint density at radius 2 is 1.21 bits per heavy atom. The Morgan fingerprint density at radius 1 is 0.714 bits per heavy atom. The number of rotatable bonds is 17. The molecule has 0 N–H and O–H groups in total. The van der Waals surface area contributed by atoms with E-state index in [0.29, 0.717) is 6.61 Å². The van der Waals surface area contributed by atoms with Crippen LogP contribution >= 0.6 is 0 Å². The van der Waals surface area contributed by atoms with Gasteiger partial charge in [0.15, 0.2) is 0 Å². The molecule has 0 rings (SSSR count). The second-order valence-electron chi connectivity index (χ2n) is 7.34. The van der Waals surface area contributed by atoms with Gasteiger partial charge in [-0.15, -0.1) is 0 Å². The highest BCUT2D eigenvalue weighted by molar-refractivity contribution is 5.76. The number of hydrogen-bond acceptors (Lipinski definition) is 2. The van der Waals surface area contributed by atoms with Crippen LogP contribution in [0.15, 0.2) is 48.6 Å². The summed E-state index contributed by atoms with van der Waals surface area (Å²) in [5, 5.41) is 0. The van der Waals surface area contributed by atoms with Crippen molar-refractivity contribution in [2.45, 2.75) is 98.3 Å². The van der Waals surface area contributed by atoms with Crippen molar-refractivity contribution < 1.29 is 9.53 Å². The van der Waals surface area contributed by atoms with Gasteiger partial charge in [-0.1, -0.05) is 82.2 Å². The zero-order valence-corrected chi connectivity index (χ0v) is 18.9. The van der Waals surface area contributed by atoms with Crippen molar-refractivity contribution in [2.75, 3.05) is 6.61 Å². The summed E-state index contributed by atoms with van der Waals surface area (Å²) in [4.78, 5) is 12.3. The molecule has 0 amide bonds. The van der Waals surface area contributed by atoms with Crippen molar-refractivity contribution in [1.29, 1.82) is 0 Å². The van der Waals surface area contributed by atoms with Crippen molar-refractivity contribution in [3.63, 3.8) is 0 Å². The highest BCUT2D eigenvalue weighted by Crippen LogP contribution is 2.33. The van der Waals surface area contributed by atoms with E-state index in [9.17, 15) is 4.79 Å². The van der Waals surface area contributed by atoms with E-state index in [2.05, 4.69) is 69.4 Å². The van der Waals surface area contributed by atoms with E-state index in [1.165, 1.54) is 25.7 Å². The normalized spacial score (nSPS) is 12.9. The molecule has 2 heteroatoms. The Hall–Kier alpha value is -1.57. The van der Waals surface area contributed by atoms with Crippen molar-refractivity contribution in [3.05, 3.63) is 48.6 Å². The van der Waals surface area contributed by atoms with E-state index in [0.717, 1.165) is 44.9 Å². The zero-order chi connectivity index (χ0) is 20.9. The van der Waals surface area contributed by atoms with E-state index in [1.54, 1.807) is 0 Å². The summed E-state index contributed by atoms with van der Waals surface area (Å²) in [6.45, 7) is 8.75. The van der Waals surface area contributed by atoms with E-state index < -0.39 is 0 Å². The Kier molecular flexibility index (Phi) is 17.7. The fraction of sp³-hybridized carbons (Fsp3) is 0.654. The predicted molar refractivity (Wildman–Crippen MR) is 123 cm³/mol. The summed E-state index contributed by atoms with van der Waals surface area (Å²) in [6.07, 6.45) is 29.5. The second-order valence-corrected chi connectivity index (χ2v) is 7.34. The van der Waals surface area contributed by atoms with Crippen LogP contribution in [-0.2, 0) is 9.53 Å². The van der Waals surface area contributed by atoms with Gasteiger partial charge in [0, 0.05) is 0 Å². The van der Waals surface area contributed by atoms with Gasteiger partial charge in [-0.3, -0.25) is 4.79 Å². The van der Waals surface area contributed by atoms with E-state index in [-0.39, 0.29) is 11.4 Å². The van der Waals surface area contributed by atoms with Gasteiger partial charge in [-0.05, 0) is 64.7 Å². The van der Waals surface area contributed by atoms with Crippen LogP contribution < -0.4 is 0 Å². The zero-order valence-electron chi connectivity index (χ0n) is 18.9. The van der Waals surface area contributed by atoms with Crippen LogP contribution in [0.25, 0.3) is 0 Å². The molecule has 0 saturated carbocycles. The maximum atomic E-state index is 12.3. The molecule has 0 saturated heterocycles. The Balaban J connectivity index is 3.93. The summed E-state index contributed by atoms with van der Waals surface area (Å²) in [5.41, 5.74) is -0.314. The summed E-state index contributed by atoms with van der Waals surface area (Å²) >= 11 is 0. The minimum atomic E-state index is -0.314. The molecule has 0 aromatic rings. The van der Waals surface area contributed by atoms with Gasteiger partial charge in [0.2, 0.25) is 0 Å². The number of unbranched alkanes of at least 4 members (excludes halogenated alkanes) is 3. The molecule has 0 aromatic carbocycles. The standard InChI is InChI=1S/C26H44O2/c1-5-9-10-11-12-13-14-15-16-17-18-19-20-21-22-23-24-26(6-2,7-3)25(27)28-8-4/h12-13,15-16,18-19,21-22H,5-11,14,17,20,23-24H2,1-4H3/b13-12-,16-15-,19-18-,22-21-. The molecule has 160 valence electrons. The molecule has 0 atom stereocenters. The molecule has 0 aliphatic rings. The van der Waals surface area contributed by atoms with Gasteiger partial charge in [0.05, 0.1) is 12.0 Å². The minimum absolute atomic E-state index is 0.0316. The van der Waals surface area contributed by atoms with Crippen LogP contribution in [0.4, 0.5) is 0 Å². The van der Waals surface area contributed by atoms with Gasteiger partial charge >= 0.3 is 5.97 Å². The van der Waals surface area contributed by atoms with Crippen LogP contribution in [-0.4, -0.2) is 12.6 Å². The molecule has 0 fully saturated rings. The molecule has 0 heterocycles. The van der Waals surface area contributed by atoms with E-state index in [1.807, 2.05) is 6.92 Å². The molecule has 0 aromatic heterocycles. The highest BCUT2D eigenvalue weighted by atomic mass is 16.5. The number of hydrogen-bond donors (Lipinski definition) is 0. The SMILES string of the molecule is CCCCC/C=C\C/C=C\C/C=C\C/C=C\CCC(CC)(CC)C(=O)OCC. The number of esters is 1. The molecule has 0 aliphatic heterocycles. The highest BCUT2D eigenvalue weighted by Gasteiger charge is 2.35. The average molecular weight is 389 g/mol. The molecular formula is C26H44O2. The average Bonchev–Trinajstić information content (AvgIpc) is 2.71. The first-order chi connectivity index (χ1) is 13.7. The first kappa shape index (κ1) is 26.4. The molecule has 0 bridgehead atoms. The summed E-state index contributed by atoms with van der Waals surface area (Å²) in [5.74, 6) is -0.0316. The number of ether oxygens (including phenoxy) is 1. The van der Waals surface area contributed by atoms with Crippen molar-refractivity contribution in [3.8, 4) is 0 Å². The van der Waals surface area contributed by atoms with E-state index >= 15 is 0 Å². The first-order valence-corrected chi connectivity index (χ1v) is 11.4. The van der Waals surface area contributed by atoms with Gasteiger partial charge < -0.3 is 4.74 Å². The number of carbonyl (C=O) groups is 1. The lowest BCUT2D eigenvalue weighted by atomic mass is 9.78. The summed E-state index contributed by atoms with van der Waals surface area (Å²) in [6, 6.07) is 0. The lowest BCUT2D eigenvalue weighted by Gasteiger charge is -2.28. The lowest BCUT2D eigenvalue weighted by molar-refractivity contribution is -0.156. The molecule has 28 heavy (non-hydrogen) atoms. The molecular weight excluding hydrogens is 344 g/mol. The van der Waals surface area contributed by atoms with Crippen molar-refractivity contribution in [2.24, 2.45) is 5.41 Å². The van der Waals surface area contributed by atoms with Gasteiger partial charge in [0.1, 0.15) is 0 Å². The van der Waals surface area contributed by atoms with Gasteiger partial charge in [-0.25, -0.2) is 0 Å². The third-order valence-electron chi connectivity index (χ3n) is 5.31. The van der Waals surface area contributed by atoms with Crippen LogP contribution in [0.1, 0.15) is 98.3 Å². The second kappa shape index (κ2) is 18.8. The number of carbonyl (C=O) groups excluding carboxylic acids is 1. The summed E-state index contributed by atoms with van der Waals surface area (Å²) < 4.78 is 5.28. The third kappa shape index (κ3) is 12.8. The number of allylic oxidation sites excluding steroid dienone is 8. The summed E-state index contributed by atoms with van der Waals surface area (Å²) in [7, 11) is 0. The third-order valence-corrected chi connectivity index (χ3v) is 5.31. The van der Waals surface area contributed by atoms with Crippen LogP contribution in [0.5, 0.6) is 0 Å². The minimum Gasteiger partial charge on any atom is -0.466 e. The van der Waals surface area contributed by atoms with Gasteiger partial charge in [-0.2, -0.15) is 0 Å². The van der Waals surface area contributed by atoms with E-state index in [4.69, 9.17) is 4.74 Å². The largest absolute Gasteiger partial charge is 0.466 e. The maximum absolute atomic E-state index is 12.3.